The van der Waals surface area contributed by atoms with Crippen molar-refractivity contribution in [3.8, 4) is 0 Å². The van der Waals surface area contributed by atoms with Gasteiger partial charge in [0.05, 0.1) is 6.04 Å². The molecule has 1 aromatic carbocycles. The number of nitrogens with one attached hydrogen (secondary N) is 1. The Balaban J connectivity index is 1.55. The van der Waals surface area contributed by atoms with E-state index in [2.05, 4.69) is 49.5 Å². The summed E-state index contributed by atoms with van der Waals surface area (Å²) in [5.41, 5.74) is 1.41. The second kappa shape index (κ2) is 6.87. The maximum atomic E-state index is 5.01. The third-order valence-electron chi connectivity index (χ3n) is 4.74. The quantitative estimate of drug-likeness (QED) is 0.908. The molecule has 114 valence electrons. The summed E-state index contributed by atoms with van der Waals surface area (Å²) in [6, 6.07) is 11.8. The van der Waals surface area contributed by atoms with Crippen LogP contribution >= 0.6 is 11.8 Å². The van der Waals surface area contributed by atoms with Crippen molar-refractivity contribution in [1.29, 1.82) is 0 Å². The summed E-state index contributed by atoms with van der Waals surface area (Å²) in [5, 5.41) is 4.81. The number of benzene rings is 1. The molecule has 2 fully saturated rings. The van der Waals surface area contributed by atoms with Crippen LogP contribution in [0.1, 0.15) is 38.7 Å². The van der Waals surface area contributed by atoms with E-state index in [1.165, 1.54) is 30.0 Å². The molecule has 0 radical (unpaired) electrons. The van der Waals surface area contributed by atoms with Crippen LogP contribution in [0, 0.1) is 11.8 Å². The summed E-state index contributed by atoms with van der Waals surface area (Å²) in [6.07, 6.45) is 5.03. The third-order valence-corrected chi connectivity index (χ3v) is 5.81. The summed E-state index contributed by atoms with van der Waals surface area (Å²) in [6.45, 7) is 4.74. The summed E-state index contributed by atoms with van der Waals surface area (Å²) < 4.78 is 0. The van der Waals surface area contributed by atoms with Crippen LogP contribution in [0.3, 0.4) is 0 Å². The largest absolute Gasteiger partial charge is 0.361 e. The molecule has 0 spiro atoms. The van der Waals surface area contributed by atoms with Gasteiger partial charge in [-0.05, 0) is 43.1 Å². The lowest BCUT2D eigenvalue weighted by Crippen LogP contribution is -2.31. The van der Waals surface area contributed by atoms with E-state index in [0.29, 0.717) is 12.1 Å². The lowest BCUT2D eigenvalue weighted by atomic mass is 9.80. The van der Waals surface area contributed by atoms with Gasteiger partial charge in [0, 0.05) is 11.8 Å². The summed E-state index contributed by atoms with van der Waals surface area (Å²) in [7, 11) is 0. The first-order chi connectivity index (χ1) is 10.2. The standard InChI is InChI=1S/C18H26N2S/c1-13-8-9-17(14(2)10-13)20-18-19-16(12-21-18)11-15-6-4-3-5-7-15/h3-7,13-14,16-17H,8-12H2,1-2H3,(H,19,20). The fourth-order valence-corrected chi connectivity index (χ4v) is 4.53. The maximum Gasteiger partial charge on any atom is 0.157 e. The van der Waals surface area contributed by atoms with E-state index < -0.39 is 0 Å². The minimum Gasteiger partial charge on any atom is -0.361 e. The van der Waals surface area contributed by atoms with Crippen molar-refractivity contribution in [1.82, 2.24) is 5.32 Å². The lowest BCUT2D eigenvalue weighted by Gasteiger charge is -2.30. The lowest BCUT2D eigenvalue weighted by molar-refractivity contribution is 0.264. The Kier molecular flexibility index (Phi) is 4.89. The summed E-state index contributed by atoms with van der Waals surface area (Å²) in [5.74, 6) is 2.76. The molecule has 3 heteroatoms. The van der Waals surface area contributed by atoms with E-state index in [0.717, 1.165) is 24.0 Å². The van der Waals surface area contributed by atoms with Crippen LogP contribution < -0.4 is 5.32 Å². The molecule has 0 aromatic heterocycles. The molecule has 1 aromatic rings. The Hall–Kier alpha value is -0.960. The fourth-order valence-electron chi connectivity index (χ4n) is 3.51. The van der Waals surface area contributed by atoms with Crippen molar-refractivity contribution < 1.29 is 0 Å². The average Bonchev–Trinajstić information content (AvgIpc) is 2.90. The van der Waals surface area contributed by atoms with Crippen LogP contribution in [-0.2, 0) is 6.42 Å². The first-order valence-electron chi connectivity index (χ1n) is 8.22. The highest BCUT2D eigenvalue weighted by Gasteiger charge is 2.27. The minimum absolute atomic E-state index is 0.534. The van der Waals surface area contributed by atoms with Gasteiger partial charge in [0.2, 0.25) is 0 Å². The molecule has 3 rings (SSSR count). The van der Waals surface area contributed by atoms with Gasteiger partial charge >= 0.3 is 0 Å². The molecule has 0 bridgehead atoms. The van der Waals surface area contributed by atoms with E-state index in [4.69, 9.17) is 4.99 Å². The molecule has 0 amide bonds. The zero-order valence-electron chi connectivity index (χ0n) is 13.1. The molecular formula is C18H26N2S. The van der Waals surface area contributed by atoms with Gasteiger partial charge in [0.15, 0.2) is 5.17 Å². The Labute approximate surface area is 132 Å². The molecule has 1 aliphatic carbocycles. The molecule has 1 saturated carbocycles. The second-order valence-corrected chi connectivity index (χ2v) is 7.75. The van der Waals surface area contributed by atoms with Gasteiger partial charge in [-0.3, -0.25) is 4.99 Å². The van der Waals surface area contributed by atoms with Crippen molar-refractivity contribution in [2.24, 2.45) is 16.8 Å². The maximum absolute atomic E-state index is 5.01. The zero-order valence-corrected chi connectivity index (χ0v) is 13.9. The topological polar surface area (TPSA) is 24.4 Å². The van der Waals surface area contributed by atoms with Crippen molar-refractivity contribution >= 4 is 16.9 Å². The predicted molar refractivity (Wildman–Crippen MR) is 92.9 cm³/mol. The van der Waals surface area contributed by atoms with E-state index in [-0.39, 0.29) is 0 Å². The van der Waals surface area contributed by atoms with Gasteiger partial charge in [-0.15, -0.1) is 0 Å². The van der Waals surface area contributed by atoms with Gasteiger partial charge in [-0.1, -0.05) is 55.9 Å². The first-order valence-corrected chi connectivity index (χ1v) is 9.20. The van der Waals surface area contributed by atoms with Crippen LogP contribution in [0.15, 0.2) is 35.3 Å². The molecule has 2 nitrogen and oxygen atoms in total. The van der Waals surface area contributed by atoms with Crippen molar-refractivity contribution in [3.05, 3.63) is 35.9 Å². The number of amidine groups is 1. The summed E-state index contributed by atoms with van der Waals surface area (Å²) >= 11 is 1.91. The van der Waals surface area contributed by atoms with Gasteiger partial charge < -0.3 is 5.32 Å². The monoisotopic (exact) mass is 302 g/mol. The molecule has 1 saturated heterocycles. The van der Waals surface area contributed by atoms with Crippen LogP contribution in [0.2, 0.25) is 0 Å². The van der Waals surface area contributed by atoms with E-state index in [1.807, 2.05) is 11.8 Å². The molecule has 1 heterocycles. The van der Waals surface area contributed by atoms with Crippen LogP contribution in [0.4, 0.5) is 0 Å². The Morgan fingerprint density at radius 2 is 2.00 bits per heavy atom. The number of aliphatic imine (C=N–C) groups is 1. The second-order valence-electron chi connectivity index (χ2n) is 6.74. The van der Waals surface area contributed by atoms with Gasteiger partial charge in [-0.25, -0.2) is 0 Å². The van der Waals surface area contributed by atoms with E-state index in [1.54, 1.807) is 0 Å². The van der Waals surface area contributed by atoms with Crippen molar-refractivity contribution in [2.75, 3.05) is 5.75 Å². The van der Waals surface area contributed by atoms with Crippen molar-refractivity contribution in [3.63, 3.8) is 0 Å². The Morgan fingerprint density at radius 3 is 2.76 bits per heavy atom. The molecule has 2 aliphatic rings. The molecule has 1 aliphatic heterocycles. The highest BCUT2D eigenvalue weighted by molar-refractivity contribution is 8.14. The van der Waals surface area contributed by atoms with Gasteiger partial charge in [0.1, 0.15) is 0 Å². The number of hydrogen-bond donors (Lipinski definition) is 1. The average molecular weight is 302 g/mol. The predicted octanol–water partition coefficient (Wildman–Crippen LogP) is 4.11. The number of thioether (sulfide) groups is 1. The molecule has 4 unspecified atom stereocenters. The molecule has 4 atom stereocenters. The molecule has 1 N–H and O–H groups in total. The van der Waals surface area contributed by atoms with Crippen LogP contribution in [-0.4, -0.2) is 23.0 Å². The number of rotatable bonds is 3. The summed E-state index contributed by atoms with van der Waals surface area (Å²) in [4.78, 5) is 5.01. The first kappa shape index (κ1) is 15.0. The third kappa shape index (κ3) is 4.03. The Morgan fingerprint density at radius 1 is 1.19 bits per heavy atom. The van der Waals surface area contributed by atoms with Gasteiger partial charge in [-0.2, -0.15) is 0 Å². The molecular weight excluding hydrogens is 276 g/mol. The van der Waals surface area contributed by atoms with E-state index in [9.17, 15) is 0 Å². The highest BCUT2D eigenvalue weighted by atomic mass is 32.2. The number of nitrogens with zero attached hydrogens (tertiary/aromatic N) is 1. The fraction of sp³-hybridized carbons (Fsp3) is 0.611. The van der Waals surface area contributed by atoms with Gasteiger partial charge in [0.25, 0.3) is 0 Å². The SMILES string of the molecule is CC1CCC(N=C2NC(Cc3ccccc3)CS2)C(C)C1. The van der Waals surface area contributed by atoms with Crippen LogP contribution in [0.25, 0.3) is 0 Å². The highest BCUT2D eigenvalue weighted by Crippen LogP contribution is 2.31. The van der Waals surface area contributed by atoms with Crippen LogP contribution in [0.5, 0.6) is 0 Å². The van der Waals surface area contributed by atoms with Crippen molar-refractivity contribution in [2.45, 2.75) is 51.6 Å². The zero-order chi connectivity index (χ0) is 14.7. The van der Waals surface area contributed by atoms with E-state index >= 15 is 0 Å². The Bertz CT molecular complexity index is 485. The molecule has 21 heavy (non-hydrogen) atoms. The smallest absolute Gasteiger partial charge is 0.157 e. The normalized spacial score (nSPS) is 34.9. The minimum atomic E-state index is 0.534. The number of hydrogen-bond acceptors (Lipinski definition) is 2.